The number of amides is 1. The molecule has 3 aromatic heterocycles. The number of benzene rings is 1. The summed E-state index contributed by atoms with van der Waals surface area (Å²) in [6.45, 7) is 1.97. The van der Waals surface area contributed by atoms with Gasteiger partial charge in [0.15, 0.2) is 10.8 Å². The molecule has 30 heavy (non-hydrogen) atoms. The molecular formula is C21H21N5O2S2. The fraction of sp³-hybridized carbons (Fsp3) is 0.333. The highest BCUT2D eigenvalue weighted by atomic mass is 32.2. The molecule has 0 aliphatic heterocycles. The summed E-state index contributed by atoms with van der Waals surface area (Å²) in [5, 5.41) is 13.6. The maximum atomic E-state index is 12.5. The summed E-state index contributed by atoms with van der Waals surface area (Å²) in [4.78, 5) is 19.8. The SMILES string of the molecule is COc1ccccc1NC(=O)CSc1nnc2c3c4c(sc3nc(C)n12)CCCC4. The lowest BCUT2D eigenvalue weighted by Gasteiger charge is -2.10. The molecule has 0 saturated heterocycles. The number of aryl methyl sites for hydroxylation is 3. The number of thioether (sulfide) groups is 1. The first-order valence-corrected chi connectivity index (χ1v) is 11.7. The van der Waals surface area contributed by atoms with Gasteiger partial charge >= 0.3 is 0 Å². The van der Waals surface area contributed by atoms with Crippen LogP contribution in [0.5, 0.6) is 5.75 Å². The van der Waals surface area contributed by atoms with Crippen LogP contribution in [-0.4, -0.2) is 38.4 Å². The Labute approximate surface area is 181 Å². The largest absolute Gasteiger partial charge is 0.495 e. The number of carbonyl (C=O) groups excluding carboxylic acids is 1. The van der Waals surface area contributed by atoms with Gasteiger partial charge in [0.25, 0.3) is 0 Å². The number of para-hydroxylation sites is 2. The van der Waals surface area contributed by atoms with Crippen LogP contribution in [-0.2, 0) is 17.6 Å². The van der Waals surface area contributed by atoms with E-state index in [1.807, 2.05) is 35.6 Å². The maximum absolute atomic E-state index is 12.5. The number of methoxy groups -OCH3 is 1. The zero-order valence-electron chi connectivity index (χ0n) is 16.8. The molecule has 1 aliphatic rings. The van der Waals surface area contributed by atoms with Crippen LogP contribution in [0.2, 0.25) is 0 Å². The van der Waals surface area contributed by atoms with Crippen molar-refractivity contribution in [1.29, 1.82) is 0 Å². The Morgan fingerprint density at radius 2 is 2.10 bits per heavy atom. The molecule has 0 radical (unpaired) electrons. The van der Waals surface area contributed by atoms with E-state index in [4.69, 9.17) is 9.72 Å². The number of carbonyl (C=O) groups is 1. The van der Waals surface area contributed by atoms with E-state index in [2.05, 4.69) is 15.5 Å². The quantitative estimate of drug-likeness (QED) is 0.468. The summed E-state index contributed by atoms with van der Waals surface area (Å²) in [5.74, 6) is 1.57. The summed E-state index contributed by atoms with van der Waals surface area (Å²) in [6, 6.07) is 7.36. The molecule has 0 bridgehead atoms. The number of nitrogens with zero attached hydrogens (tertiary/aromatic N) is 4. The van der Waals surface area contributed by atoms with Crippen LogP contribution in [0, 0.1) is 6.92 Å². The van der Waals surface area contributed by atoms with E-state index in [9.17, 15) is 4.79 Å². The molecule has 0 saturated carbocycles. The van der Waals surface area contributed by atoms with Gasteiger partial charge in [-0.15, -0.1) is 21.5 Å². The van der Waals surface area contributed by atoms with Crippen LogP contribution >= 0.6 is 23.1 Å². The third-order valence-corrected chi connectivity index (χ3v) is 7.42. The van der Waals surface area contributed by atoms with Crippen molar-refractivity contribution in [3.63, 3.8) is 0 Å². The molecule has 7 nitrogen and oxygen atoms in total. The van der Waals surface area contributed by atoms with E-state index < -0.39 is 0 Å². The number of nitrogens with one attached hydrogen (secondary N) is 1. The fourth-order valence-corrected chi connectivity index (χ4v) is 6.02. The zero-order valence-corrected chi connectivity index (χ0v) is 18.4. The molecule has 0 unspecified atom stereocenters. The monoisotopic (exact) mass is 439 g/mol. The lowest BCUT2D eigenvalue weighted by Crippen LogP contribution is -2.15. The Morgan fingerprint density at radius 1 is 1.27 bits per heavy atom. The van der Waals surface area contributed by atoms with E-state index in [0.717, 1.165) is 34.5 Å². The molecule has 1 amide bonds. The van der Waals surface area contributed by atoms with Gasteiger partial charge in [-0.1, -0.05) is 23.9 Å². The molecule has 154 valence electrons. The minimum absolute atomic E-state index is 0.124. The number of anilines is 1. The van der Waals surface area contributed by atoms with Crippen LogP contribution < -0.4 is 10.1 Å². The third kappa shape index (κ3) is 3.31. The van der Waals surface area contributed by atoms with Crippen LogP contribution in [0.15, 0.2) is 29.4 Å². The van der Waals surface area contributed by atoms with Crippen molar-refractivity contribution in [1.82, 2.24) is 19.6 Å². The molecule has 9 heteroatoms. The van der Waals surface area contributed by atoms with Crippen molar-refractivity contribution >= 4 is 50.6 Å². The first-order chi connectivity index (χ1) is 14.7. The van der Waals surface area contributed by atoms with Crippen LogP contribution in [0.1, 0.15) is 29.1 Å². The van der Waals surface area contributed by atoms with Gasteiger partial charge in [-0.05, 0) is 50.3 Å². The topological polar surface area (TPSA) is 81.4 Å². The van der Waals surface area contributed by atoms with Gasteiger partial charge in [-0.2, -0.15) is 0 Å². The molecule has 1 aromatic carbocycles. The Bertz CT molecular complexity index is 1260. The number of thiophene rings is 1. The minimum Gasteiger partial charge on any atom is -0.495 e. The van der Waals surface area contributed by atoms with Crippen molar-refractivity contribution in [2.24, 2.45) is 0 Å². The van der Waals surface area contributed by atoms with Gasteiger partial charge in [0.05, 0.1) is 23.9 Å². The van der Waals surface area contributed by atoms with Crippen molar-refractivity contribution in [2.45, 2.75) is 37.8 Å². The van der Waals surface area contributed by atoms with Crippen molar-refractivity contribution in [3.8, 4) is 5.75 Å². The van der Waals surface area contributed by atoms with E-state index in [1.165, 1.54) is 35.0 Å². The Balaban J connectivity index is 1.42. The predicted octanol–water partition coefficient (Wildman–Crippen LogP) is 4.27. The van der Waals surface area contributed by atoms with E-state index in [1.54, 1.807) is 18.4 Å². The third-order valence-electron chi connectivity index (χ3n) is 5.31. The number of fused-ring (bicyclic) bond motifs is 5. The first-order valence-electron chi connectivity index (χ1n) is 9.87. The van der Waals surface area contributed by atoms with Gasteiger partial charge in [-0.3, -0.25) is 9.20 Å². The number of aromatic nitrogens is 4. The molecule has 1 N–H and O–H groups in total. The van der Waals surface area contributed by atoms with E-state index >= 15 is 0 Å². The predicted molar refractivity (Wildman–Crippen MR) is 120 cm³/mol. The number of hydrogen-bond donors (Lipinski definition) is 1. The lowest BCUT2D eigenvalue weighted by atomic mass is 9.97. The Hall–Kier alpha value is -2.65. The fourth-order valence-electron chi connectivity index (χ4n) is 3.94. The highest BCUT2D eigenvalue weighted by molar-refractivity contribution is 7.99. The lowest BCUT2D eigenvalue weighted by molar-refractivity contribution is -0.113. The van der Waals surface area contributed by atoms with E-state index in [0.29, 0.717) is 16.6 Å². The van der Waals surface area contributed by atoms with Crippen LogP contribution in [0.3, 0.4) is 0 Å². The average molecular weight is 440 g/mol. The van der Waals surface area contributed by atoms with Gasteiger partial charge < -0.3 is 10.1 Å². The number of rotatable bonds is 5. The van der Waals surface area contributed by atoms with Gasteiger partial charge in [0.2, 0.25) is 5.91 Å². The zero-order chi connectivity index (χ0) is 20.7. The number of ether oxygens (including phenoxy) is 1. The van der Waals surface area contributed by atoms with Gasteiger partial charge in [0, 0.05) is 4.88 Å². The number of hydrogen-bond acceptors (Lipinski definition) is 7. The summed E-state index contributed by atoms with van der Waals surface area (Å²) in [7, 11) is 1.59. The first kappa shape index (κ1) is 19.3. The molecular weight excluding hydrogens is 418 g/mol. The summed E-state index contributed by atoms with van der Waals surface area (Å²) in [6.07, 6.45) is 4.65. The summed E-state index contributed by atoms with van der Waals surface area (Å²) in [5.41, 5.74) is 2.89. The Morgan fingerprint density at radius 3 is 2.97 bits per heavy atom. The minimum atomic E-state index is -0.124. The molecule has 4 aromatic rings. The highest BCUT2D eigenvalue weighted by Crippen LogP contribution is 2.38. The maximum Gasteiger partial charge on any atom is 0.234 e. The van der Waals surface area contributed by atoms with E-state index in [-0.39, 0.29) is 11.7 Å². The standard InChI is InChI=1S/C21H21N5O2S2/c1-12-22-20-18(13-7-3-6-10-16(13)30-20)19-24-25-21(26(12)19)29-11-17(27)23-14-8-4-5-9-15(14)28-2/h4-5,8-9H,3,6-7,10-11H2,1-2H3,(H,23,27). The molecule has 0 fully saturated rings. The van der Waals surface area contributed by atoms with Gasteiger partial charge in [-0.25, -0.2) is 4.98 Å². The summed E-state index contributed by atoms with van der Waals surface area (Å²) >= 11 is 3.15. The molecule has 1 aliphatic carbocycles. The second-order valence-electron chi connectivity index (χ2n) is 7.23. The smallest absolute Gasteiger partial charge is 0.234 e. The normalized spacial score (nSPS) is 13.5. The second-order valence-corrected chi connectivity index (χ2v) is 9.25. The van der Waals surface area contributed by atoms with Crippen LogP contribution in [0.25, 0.3) is 15.9 Å². The van der Waals surface area contributed by atoms with Crippen molar-refractivity contribution < 1.29 is 9.53 Å². The molecule has 0 atom stereocenters. The van der Waals surface area contributed by atoms with Crippen molar-refractivity contribution in [3.05, 3.63) is 40.5 Å². The highest BCUT2D eigenvalue weighted by Gasteiger charge is 2.22. The summed E-state index contributed by atoms with van der Waals surface area (Å²) < 4.78 is 7.27. The van der Waals surface area contributed by atoms with Crippen LogP contribution in [0.4, 0.5) is 5.69 Å². The average Bonchev–Trinajstić information content (AvgIpc) is 3.34. The Kier molecular flexibility index (Phi) is 5.08. The van der Waals surface area contributed by atoms with Crippen molar-refractivity contribution in [2.75, 3.05) is 18.2 Å². The second kappa shape index (κ2) is 7.88. The molecule has 5 rings (SSSR count). The molecule has 3 heterocycles. The van der Waals surface area contributed by atoms with Gasteiger partial charge in [0.1, 0.15) is 16.4 Å². The molecule has 0 spiro atoms.